The van der Waals surface area contributed by atoms with Crippen LogP contribution >= 0.6 is 0 Å². The predicted octanol–water partition coefficient (Wildman–Crippen LogP) is 1.16. The lowest BCUT2D eigenvalue weighted by molar-refractivity contribution is -0.153. The molecular weight excluding hydrogens is 182 g/mol. The van der Waals surface area contributed by atoms with Crippen molar-refractivity contribution in [2.75, 3.05) is 0 Å². The fourth-order valence-electron chi connectivity index (χ4n) is 1.33. The smallest absolute Gasteiger partial charge is 0.329 e. The highest BCUT2D eigenvalue weighted by atomic mass is 16.4. The standard InChI is InChI=1S/C10H17NO3/c1-9(2,3)7(12)11-10(8(13)14)5-4-6-10/h4-6H2,1-3H3,(H,11,12)(H,13,14). The van der Waals surface area contributed by atoms with E-state index in [0.717, 1.165) is 6.42 Å². The van der Waals surface area contributed by atoms with Crippen molar-refractivity contribution >= 4 is 11.9 Å². The van der Waals surface area contributed by atoms with Gasteiger partial charge in [-0.05, 0) is 19.3 Å². The second-order valence-corrected chi connectivity index (χ2v) is 4.94. The summed E-state index contributed by atoms with van der Waals surface area (Å²) in [6, 6.07) is 0. The van der Waals surface area contributed by atoms with E-state index >= 15 is 0 Å². The quantitative estimate of drug-likeness (QED) is 0.701. The average Bonchev–Trinajstić information content (AvgIpc) is 1.93. The maximum Gasteiger partial charge on any atom is 0.329 e. The van der Waals surface area contributed by atoms with Gasteiger partial charge in [0.25, 0.3) is 0 Å². The van der Waals surface area contributed by atoms with Gasteiger partial charge in [-0.3, -0.25) is 4.79 Å². The fourth-order valence-corrected chi connectivity index (χ4v) is 1.33. The third kappa shape index (κ3) is 1.89. The Bertz CT molecular complexity index is 261. The molecule has 0 unspecified atom stereocenters. The van der Waals surface area contributed by atoms with Crippen molar-refractivity contribution in [3.63, 3.8) is 0 Å². The van der Waals surface area contributed by atoms with Gasteiger partial charge in [-0.1, -0.05) is 20.8 Å². The van der Waals surface area contributed by atoms with Gasteiger partial charge in [0.1, 0.15) is 5.54 Å². The summed E-state index contributed by atoms with van der Waals surface area (Å²) in [6.45, 7) is 5.32. The van der Waals surface area contributed by atoms with Crippen LogP contribution in [0.2, 0.25) is 0 Å². The molecule has 0 aromatic heterocycles. The first-order valence-corrected chi connectivity index (χ1v) is 4.84. The predicted molar refractivity (Wildman–Crippen MR) is 51.8 cm³/mol. The van der Waals surface area contributed by atoms with Gasteiger partial charge in [0.05, 0.1) is 0 Å². The monoisotopic (exact) mass is 199 g/mol. The summed E-state index contributed by atoms with van der Waals surface area (Å²) >= 11 is 0. The number of hydrogen-bond donors (Lipinski definition) is 2. The summed E-state index contributed by atoms with van der Waals surface area (Å²) in [7, 11) is 0. The van der Waals surface area contributed by atoms with Gasteiger partial charge in [0.15, 0.2) is 0 Å². The number of aliphatic carboxylic acids is 1. The zero-order chi connectivity index (χ0) is 11.0. The van der Waals surface area contributed by atoms with Gasteiger partial charge in [0.2, 0.25) is 5.91 Å². The van der Waals surface area contributed by atoms with E-state index in [2.05, 4.69) is 5.32 Å². The van der Waals surface area contributed by atoms with E-state index < -0.39 is 16.9 Å². The lowest BCUT2D eigenvalue weighted by Gasteiger charge is -2.39. The Morgan fingerprint density at radius 3 is 2.00 bits per heavy atom. The largest absolute Gasteiger partial charge is 0.480 e. The average molecular weight is 199 g/mol. The number of carboxylic acids is 1. The Morgan fingerprint density at radius 2 is 1.79 bits per heavy atom. The van der Waals surface area contributed by atoms with Gasteiger partial charge in [-0.2, -0.15) is 0 Å². The van der Waals surface area contributed by atoms with Crippen LogP contribution in [0.25, 0.3) is 0 Å². The van der Waals surface area contributed by atoms with Crippen molar-refractivity contribution < 1.29 is 14.7 Å². The normalized spacial score (nSPS) is 19.6. The fraction of sp³-hybridized carbons (Fsp3) is 0.800. The number of amides is 1. The summed E-state index contributed by atoms with van der Waals surface area (Å²) < 4.78 is 0. The highest BCUT2D eigenvalue weighted by molar-refractivity contribution is 5.90. The molecule has 80 valence electrons. The van der Waals surface area contributed by atoms with E-state index in [4.69, 9.17) is 5.11 Å². The third-order valence-electron chi connectivity index (χ3n) is 2.65. The lowest BCUT2D eigenvalue weighted by Crippen LogP contribution is -2.61. The van der Waals surface area contributed by atoms with Crippen molar-refractivity contribution in [3.8, 4) is 0 Å². The number of rotatable bonds is 2. The molecule has 0 heterocycles. The van der Waals surface area contributed by atoms with Gasteiger partial charge >= 0.3 is 5.97 Å². The van der Waals surface area contributed by atoms with Crippen LogP contribution < -0.4 is 5.32 Å². The zero-order valence-electron chi connectivity index (χ0n) is 8.89. The van der Waals surface area contributed by atoms with Crippen LogP contribution in [0, 0.1) is 5.41 Å². The van der Waals surface area contributed by atoms with Gasteiger partial charge in [-0.15, -0.1) is 0 Å². The van der Waals surface area contributed by atoms with Crippen molar-refractivity contribution in [3.05, 3.63) is 0 Å². The van der Waals surface area contributed by atoms with Crippen molar-refractivity contribution in [2.45, 2.75) is 45.6 Å². The van der Waals surface area contributed by atoms with Crippen LogP contribution in [0.1, 0.15) is 40.0 Å². The third-order valence-corrected chi connectivity index (χ3v) is 2.65. The Kier molecular flexibility index (Phi) is 2.56. The van der Waals surface area contributed by atoms with Crippen molar-refractivity contribution in [1.82, 2.24) is 5.32 Å². The molecule has 1 amide bonds. The number of carboxylic acid groups (broad SMARTS) is 1. The molecule has 1 aliphatic rings. The molecule has 0 aromatic rings. The maximum absolute atomic E-state index is 11.6. The number of carbonyl (C=O) groups excluding carboxylic acids is 1. The Balaban J connectivity index is 2.67. The van der Waals surface area contributed by atoms with Crippen LogP contribution in [0.5, 0.6) is 0 Å². The van der Waals surface area contributed by atoms with E-state index in [-0.39, 0.29) is 5.91 Å². The molecule has 4 nitrogen and oxygen atoms in total. The number of carbonyl (C=O) groups is 2. The molecule has 0 radical (unpaired) electrons. The summed E-state index contributed by atoms with van der Waals surface area (Å²) in [5.74, 6) is -1.11. The molecule has 1 rings (SSSR count). The molecular formula is C10H17NO3. The molecule has 0 atom stereocenters. The molecule has 0 aromatic carbocycles. The lowest BCUT2D eigenvalue weighted by atomic mass is 9.76. The molecule has 0 aliphatic heterocycles. The van der Waals surface area contributed by atoms with Crippen LogP contribution in [0.15, 0.2) is 0 Å². The second kappa shape index (κ2) is 3.26. The molecule has 14 heavy (non-hydrogen) atoms. The molecule has 0 bridgehead atoms. The first-order valence-electron chi connectivity index (χ1n) is 4.84. The SMILES string of the molecule is CC(C)(C)C(=O)NC1(C(=O)O)CCC1. The first kappa shape index (κ1) is 11.0. The number of nitrogens with one attached hydrogen (secondary N) is 1. The highest BCUT2D eigenvalue weighted by Crippen LogP contribution is 2.33. The first-order chi connectivity index (χ1) is 6.28. The summed E-state index contributed by atoms with van der Waals surface area (Å²) in [5.41, 5.74) is -1.51. The maximum atomic E-state index is 11.6. The Hall–Kier alpha value is -1.06. The van der Waals surface area contributed by atoms with Crippen LogP contribution in [0.4, 0.5) is 0 Å². The number of hydrogen-bond acceptors (Lipinski definition) is 2. The molecule has 4 heteroatoms. The van der Waals surface area contributed by atoms with Crippen molar-refractivity contribution in [2.24, 2.45) is 5.41 Å². The molecule has 1 saturated carbocycles. The molecule has 2 N–H and O–H groups in total. The molecule has 0 saturated heterocycles. The molecule has 1 aliphatic carbocycles. The van der Waals surface area contributed by atoms with Crippen molar-refractivity contribution in [1.29, 1.82) is 0 Å². The van der Waals surface area contributed by atoms with E-state index in [1.54, 1.807) is 20.8 Å². The minimum atomic E-state index is -0.982. The second-order valence-electron chi connectivity index (χ2n) is 4.94. The Morgan fingerprint density at radius 1 is 1.29 bits per heavy atom. The van der Waals surface area contributed by atoms with Gasteiger partial charge < -0.3 is 10.4 Å². The van der Waals surface area contributed by atoms with Crippen LogP contribution in [0.3, 0.4) is 0 Å². The minimum absolute atomic E-state index is 0.195. The van der Waals surface area contributed by atoms with Crippen LogP contribution in [-0.2, 0) is 9.59 Å². The zero-order valence-corrected chi connectivity index (χ0v) is 8.89. The Labute approximate surface area is 83.7 Å². The molecule has 1 fully saturated rings. The summed E-state index contributed by atoms with van der Waals surface area (Å²) in [5, 5.41) is 11.6. The van der Waals surface area contributed by atoms with E-state index in [9.17, 15) is 9.59 Å². The summed E-state index contributed by atoms with van der Waals surface area (Å²) in [4.78, 5) is 22.6. The highest BCUT2D eigenvalue weighted by Gasteiger charge is 2.46. The van der Waals surface area contributed by atoms with Crippen LogP contribution in [-0.4, -0.2) is 22.5 Å². The van der Waals surface area contributed by atoms with Gasteiger partial charge in [0, 0.05) is 5.41 Å². The van der Waals surface area contributed by atoms with E-state index in [1.807, 2.05) is 0 Å². The minimum Gasteiger partial charge on any atom is -0.480 e. The molecule has 0 spiro atoms. The van der Waals surface area contributed by atoms with Gasteiger partial charge in [-0.25, -0.2) is 4.79 Å². The summed E-state index contributed by atoms with van der Waals surface area (Å²) in [6.07, 6.45) is 1.96. The topological polar surface area (TPSA) is 66.4 Å². The van der Waals surface area contributed by atoms with E-state index in [0.29, 0.717) is 12.8 Å². The van der Waals surface area contributed by atoms with E-state index in [1.165, 1.54) is 0 Å².